The van der Waals surface area contributed by atoms with Crippen LogP contribution in [0.2, 0.25) is 10.0 Å². The lowest BCUT2D eigenvalue weighted by molar-refractivity contribution is -0.134. The zero-order valence-electron chi connectivity index (χ0n) is 15.9. The Balaban J connectivity index is 1.66. The highest BCUT2D eigenvalue weighted by molar-refractivity contribution is 6.35. The van der Waals surface area contributed by atoms with E-state index in [1.54, 1.807) is 30.3 Å². The fourth-order valence-corrected chi connectivity index (χ4v) is 3.74. The fourth-order valence-electron chi connectivity index (χ4n) is 3.22. The lowest BCUT2D eigenvalue weighted by Gasteiger charge is -2.37. The van der Waals surface area contributed by atoms with E-state index in [4.69, 9.17) is 23.2 Å². The molecule has 1 aliphatic heterocycles. The summed E-state index contributed by atoms with van der Waals surface area (Å²) in [4.78, 5) is 28.6. The molecule has 1 aliphatic rings. The van der Waals surface area contributed by atoms with E-state index in [0.717, 1.165) is 18.8 Å². The number of nitrogens with zero attached hydrogens (tertiary/aromatic N) is 2. The molecule has 0 radical (unpaired) electrons. The van der Waals surface area contributed by atoms with Crippen molar-refractivity contribution in [3.05, 3.63) is 58.1 Å². The summed E-state index contributed by atoms with van der Waals surface area (Å²) in [6, 6.07) is 12.3. The van der Waals surface area contributed by atoms with Crippen LogP contribution in [0.15, 0.2) is 42.5 Å². The van der Waals surface area contributed by atoms with Crippen LogP contribution in [0.5, 0.6) is 0 Å². The van der Waals surface area contributed by atoms with E-state index in [2.05, 4.69) is 10.2 Å². The maximum atomic E-state index is 12.4. The zero-order chi connectivity index (χ0) is 20.3. The second-order valence-electron chi connectivity index (χ2n) is 7.07. The second-order valence-corrected chi connectivity index (χ2v) is 7.88. The third-order valence-electron chi connectivity index (χ3n) is 4.75. The van der Waals surface area contributed by atoms with Crippen LogP contribution in [-0.2, 0) is 4.79 Å². The summed E-state index contributed by atoms with van der Waals surface area (Å²) in [5.41, 5.74) is 1.91. The van der Waals surface area contributed by atoms with Crippen molar-refractivity contribution >= 4 is 46.4 Å². The summed E-state index contributed by atoms with van der Waals surface area (Å²) in [5, 5.41) is 3.78. The first-order valence-corrected chi connectivity index (χ1v) is 10.0. The van der Waals surface area contributed by atoms with Gasteiger partial charge in [0, 0.05) is 37.8 Å². The van der Waals surface area contributed by atoms with Gasteiger partial charge in [-0.15, -0.1) is 0 Å². The number of carbonyl (C=O) groups excluding carboxylic acids is 2. The molecule has 0 unspecified atom stereocenters. The molecule has 1 heterocycles. The zero-order valence-corrected chi connectivity index (χ0v) is 17.4. The van der Waals surface area contributed by atoms with Crippen LogP contribution in [0, 0.1) is 5.92 Å². The van der Waals surface area contributed by atoms with E-state index in [-0.39, 0.29) is 17.7 Å². The first-order chi connectivity index (χ1) is 13.4. The second kappa shape index (κ2) is 8.84. The number of hydrogen-bond donors (Lipinski definition) is 1. The largest absolute Gasteiger partial charge is 0.367 e. The highest BCUT2D eigenvalue weighted by atomic mass is 35.5. The van der Waals surface area contributed by atoms with Gasteiger partial charge in [0.2, 0.25) is 5.91 Å². The molecule has 0 bridgehead atoms. The minimum atomic E-state index is -0.282. The van der Waals surface area contributed by atoms with Gasteiger partial charge in [0.15, 0.2) is 0 Å². The van der Waals surface area contributed by atoms with Gasteiger partial charge in [0.25, 0.3) is 5.91 Å². The highest BCUT2D eigenvalue weighted by Gasteiger charge is 2.24. The number of anilines is 2. The third kappa shape index (κ3) is 4.59. The molecule has 1 N–H and O–H groups in total. The first-order valence-electron chi connectivity index (χ1n) is 9.26. The van der Waals surface area contributed by atoms with Crippen LogP contribution in [0.3, 0.4) is 0 Å². The molecule has 28 heavy (non-hydrogen) atoms. The van der Waals surface area contributed by atoms with E-state index >= 15 is 0 Å². The van der Waals surface area contributed by atoms with Gasteiger partial charge in [0.05, 0.1) is 21.3 Å². The Morgan fingerprint density at radius 1 is 0.964 bits per heavy atom. The molecule has 148 valence electrons. The predicted octanol–water partition coefficient (Wildman–Crippen LogP) is 4.55. The monoisotopic (exact) mass is 419 g/mol. The number of rotatable bonds is 4. The van der Waals surface area contributed by atoms with Crippen LogP contribution in [0.1, 0.15) is 24.2 Å². The van der Waals surface area contributed by atoms with Crippen LogP contribution >= 0.6 is 23.2 Å². The van der Waals surface area contributed by atoms with Gasteiger partial charge in [-0.1, -0.05) is 49.2 Å². The van der Waals surface area contributed by atoms with E-state index in [0.29, 0.717) is 34.4 Å². The molecule has 1 saturated heterocycles. The van der Waals surface area contributed by atoms with Gasteiger partial charge < -0.3 is 15.1 Å². The van der Waals surface area contributed by atoms with Crippen LogP contribution in [0.4, 0.5) is 11.4 Å². The normalized spacial score (nSPS) is 14.3. The smallest absolute Gasteiger partial charge is 0.257 e. The lowest BCUT2D eigenvalue weighted by atomic mass is 10.1. The SMILES string of the molecule is CC(C)C(=O)N1CCN(c2ccc(NC(=O)c3ccccc3Cl)cc2Cl)CC1. The Morgan fingerprint density at radius 3 is 2.25 bits per heavy atom. The summed E-state index contributed by atoms with van der Waals surface area (Å²) in [6.07, 6.45) is 0. The molecule has 2 aromatic rings. The minimum absolute atomic E-state index is 0.0103. The van der Waals surface area contributed by atoms with Crippen LogP contribution in [-0.4, -0.2) is 42.9 Å². The Kier molecular flexibility index (Phi) is 6.47. The maximum Gasteiger partial charge on any atom is 0.257 e. The van der Waals surface area contributed by atoms with E-state index < -0.39 is 0 Å². The van der Waals surface area contributed by atoms with Crippen LogP contribution in [0.25, 0.3) is 0 Å². The highest BCUT2D eigenvalue weighted by Crippen LogP contribution is 2.30. The standard InChI is InChI=1S/C21H23Cl2N3O2/c1-14(2)21(28)26-11-9-25(10-12-26)19-8-7-15(13-18(19)23)24-20(27)16-5-3-4-6-17(16)22/h3-8,13-14H,9-12H2,1-2H3,(H,24,27). The van der Waals surface area contributed by atoms with Gasteiger partial charge in [-0.2, -0.15) is 0 Å². The van der Waals surface area contributed by atoms with Crippen molar-refractivity contribution in [1.29, 1.82) is 0 Å². The third-order valence-corrected chi connectivity index (χ3v) is 5.38. The van der Waals surface area contributed by atoms with Crippen molar-refractivity contribution in [2.45, 2.75) is 13.8 Å². The number of amides is 2. The lowest BCUT2D eigenvalue weighted by Crippen LogP contribution is -2.50. The summed E-state index contributed by atoms with van der Waals surface area (Å²) >= 11 is 12.5. The number of piperazine rings is 1. The van der Waals surface area contributed by atoms with Gasteiger partial charge in [0.1, 0.15) is 0 Å². The summed E-state index contributed by atoms with van der Waals surface area (Å²) in [5.74, 6) is -0.0882. The average molecular weight is 420 g/mol. The molecule has 0 spiro atoms. The first kappa shape index (κ1) is 20.5. The number of halogens is 2. The van der Waals surface area contributed by atoms with E-state index in [1.807, 2.05) is 30.9 Å². The molecule has 0 aliphatic carbocycles. The molecule has 0 aromatic heterocycles. The van der Waals surface area contributed by atoms with Crippen molar-refractivity contribution in [3.8, 4) is 0 Å². The Labute approximate surface area is 175 Å². The topological polar surface area (TPSA) is 52.7 Å². The average Bonchev–Trinajstić information content (AvgIpc) is 2.68. The summed E-state index contributed by atoms with van der Waals surface area (Å²) in [6.45, 7) is 6.64. The van der Waals surface area contributed by atoms with Crippen molar-refractivity contribution in [1.82, 2.24) is 4.90 Å². The van der Waals surface area contributed by atoms with Gasteiger partial charge in [-0.05, 0) is 30.3 Å². The molecular weight excluding hydrogens is 397 g/mol. The molecule has 0 atom stereocenters. The number of nitrogens with one attached hydrogen (secondary N) is 1. The minimum Gasteiger partial charge on any atom is -0.367 e. The van der Waals surface area contributed by atoms with Crippen molar-refractivity contribution in [2.24, 2.45) is 5.92 Å². The molecule has 2 aromatic carbocycles. The quantitative estimate of drug-likeness (QED) is 0.790. The number of carbonyl (C=O) groups is 2. The van der Waals surface area contributed by atoms with Gasteiger partial charge in [-0.25, -0.2) is 0 Å². The van der Waals surface area contributed by atoms with Gasteiger partial charge >= 0.3 is 0 Å². The van der Waals surface area contributed by atoms with Crippen molar-refractivity contribution in [2.75, 3.05) is 36.4 Å². The molecule has 1 fully saturated rings. The Bertz CT molecular complexity index is 878. The molecule has 3 rings (SSSR count). The summed E-state index contributed by atoms with van der Waals surface area (Å²) in [7, 11) is 0. The van der Waals surface area contributed by atoms with E-state index in [1.165, 1.54) is 0 Å². The van der Waals surface area contributed by atoms with Gasteiger partial charge in [-0.3, -0.25) is 9.59 Å². The van der Waals surface area contributed by atoms with Crippen LogP contribution < -0.4 is 10.2 Å². The molecule has 0 saturated carbocycles. The van der Waals surface area contributed by atoms with E-state index in [9.17, 15) is 9.59 Å². The number of hydrogen-bond acceptors (Lipinski definition) is 3. The fraction of sp³-hybridized carbons (Fsp3) is 0.333. The Hall–Kier alpha value is -2.24. The number of benzene rings is 2. The van der Waals surface area contributed by atoms with Crippen molar-refractivity contribution < 1.29 is 9.59 Å². The summed E-state index contributed by atoms with van der Waals surface area (Å²) < 4.78 is 0. The molecular formula is C21H23Cl2N3O2. The molecule has 5 nitrogen and oxygen atoms in total. The molecule has 7 heteroatoms. The molecule has 2 amide bonds. The van der Waals surface area contributed by atoms with Crippen molar-refractivity contribution in [3.63, 3.8) is 0 Å². The predicted molar refractivity (Wildman–Crippen MR) is 114 cm³/mol. The Morgan fingerprint density at radius 2 is 1.64 bits per heavy atom. The maximum absolute atomic E-state index is 12.4.